The molecule has 1 amide bonds. The lowest BCUT2D eigenvalue weighted by Gasteiger charge is -2.32. The fraction of sp³-hybridized carbons (Fsp3) is 0.263. The number of nitrogens with one attached hydrogen (secondary N) is 1. The number of likely N-dealkylation sites (tertiary alicyclic amines) is 1. The molecule has 0 saturated carbocycles. The van der Waals surface area contributed by atoms with Crippen molar-refractivity contribution in [2.45, 2.75) is 18.8 Å². The molecule has 0 unspecified atom stereocenters. The maximum atomic E-state index is 14.0. The van der Waals surface area contributed by atoms with Gasteiger partial charge in [-0.3, -0.25) is 9.89 Å². The Kier molecular flexibility index (Phi) is 4.55. The van der Waals surface area contributed by atoms with Gasteiger partial charge in [0.1, 0.15) is 11.6 Å². The predicted octanol–water partition coefficient (Wildman–Crippen LogP) is 4.44. The van der Waals surface area contributed by atoms with Gasteiger partial charge in [-0.1, -0.05) is 6.07 Å². The van der Waals surface area contributed by atoms with Crippen LogP contribution in [0, 0.1) is 11.6 Å². The molecule has 0 aliphatic carbocycles. The number of rotatable bonds is 3. The van der Waals surface area contributed by atoms with E-state index in [9.17, 15) is 13.6 Å². The first-order chi connectivity index (χ1) is 12.6. The molecule has 3 aromatic rings. The molecule has 3 heterocycles. The number of hydrogen-bond acceptors (Lipinski definition) is 3. The highest BCUT2D eigenvalue weighted by atomic mass is 32.1. The highest BCUT2D eigenvalue weighted by Gasteiger charge is 2.26. The normalized spacial score (nSPS) is 15.4. The van der Waals surface area contributed by atoms with Crippen LogP contribution in [0.3, 0.4) is 0 Å². The third kappa shape index (κ3) is 3.26. The summed E-state index contributed by atoms with van der Waals surface area (Å²) >= 11 is 1.51. The van der Waals surface area contributed by atoms with Gasteiger partial charge in [-0.05, 0) is 36.5 Å². The van der Waals surface area contributed by atoms with Crippen LogP contribution in [-0.4, -0.2) is 34.1 Å². The molecule has 1 saturated heterocycles. The summed E-state index contributed by atoms with van der Waals surface area (Å²) in [5.74, 6) is -1.06. The van der Waals surface area contributed by atoms with E-state index in [1.165, 1.54) is 23.5 Å². The lowest BCUT2D eigenvalue weighted by Crippen LogP contribution is -2.37. The van der Waals surface area contributed by atoms with Gasteiger partial charge in [0.2, 0.25) is 0 Å². The fourth-order valence-corrected chi connectivity index (χ4v) is 4.26. The van der Waals surface area contributed by atoms with Crippen molar-refractivity contribution in [3.63, 3.8) is 0 Å². The molecule has 0 spiro atoms. The molecule has 1 aromatic carbocycles. The van der Waals surface area contributed by atoms with E-state index < -0.39 is 11.6 Å². The summed E-state index contributed by atoms with van der Waals surface area (Å²) < 4.78 is 27.0. The number of nitrogens with zero attached hydrogens (tertiary/aromatic N) is 2. The summed E-state index contributed by atoms with van der Waals surface area (Å²) in [6.07, 6.45) is 4.87. The van der Waals surface area contributed by atoms with Gasteiger partial charge in [0.25, 0.3) is 5.91 Å². The van der Waals surface area contributed by atoms with E-state index in [0.717, 1.165) is 16.5 Å². The van der Waals surface area contributed by atoms with Crippen LogP contribution in [0.5, 0.6) is 0 Å². The second-order valence-corrected chi connectivity index (χ2v) is 7.33. The molecule has 1 aliphatic rings. The van der Waals surface area contributed by atoms with Gasteiger partial charge in [0, 0.05) is 41.2 Å². The molecular weight excluding hydrogens is 356 g/mol. The van der Waals surface area contributed by atoms with E-state index in [1.54, 1.807) is 17.3 Å². The molecule has 2 aromatic heterocycles. The van der Waals surface area contributed by atoms with Gasteiger partial charge in [0.15, 0.2) is 0 Å². The van der Waals surface area contributed by atoms with E-state index in [2.05, 4.69) is 10.2 Å². The van der Waals surface area contributed by atoms with Crippen molar-refractivity contribution in [2.24, 2.45) is 0 Å². The molecule has 1 fully saturated rings. The van der Waals surface area contributed by atoms with Crippen molar-refractivity contribution in [3.05, 3.63) is 64.8 Å². The molecular formula is C19H17F2N3OS. The quantitative estimate of drug-likeness (QED) is 0.738. The van der Waals surface area contributed by atoms with Crippen LogP contribution in [0.4, 0.5) is 8.78 Å². The van der Waals surface area contributed by atoms with Crippen molar-refractivity contribution in [1.82, 2.24) is 15.1 Å². The molecule has 134 valence electrons. The summed E-state index contributed by atoms with van der Waals surface area (Å²) in [6, 6.07) is 5.61. The van der Waals surface area contributed by atoms with E-state index >= 15 is 0 Å². The Morgan fingerprint density at radius 3 is 2.73 bits per heavy atom. The average Bonchev–Trinajstić information content (AvgIpc) is 3.33. The lowest BCUT2D eigenvalue weighted by atomic mass is 9.89. The second kappa shape index (κ2) is 6.99. The van der Waals surface area contributed by atoms with Crippen LogP contribution >= 0.6 is 11.3 Å². The number of benzene rings is 1. The van der Waals surface area contributed by atoms with Gasteiger partial charge >= 0.3 is 0 Å². The number of halogens is 2. The number of carbonyl (C=O) groups is 1. The molecule has 7 heteroatoms. The standard InChI is InChI=1S/C19H17F2N3OS/c20-15-1-2-16(17(21)8-15)12-3-5-24(6-4-12)19(25)13-7-18(26-11-13)14-9-22-23-10-14/h1-2,7-12H,3-6H2,(H,22,23). The Morgan fingerprint density at radius 1 is 1.23 bits per heavy atom. The maximum Gasteiger partial charge on any atom is 0.254 e. The third-order valence-electron chi connectivity index (χ3n) is 4.81. The zero-order chi connectivity index (χ0) is 18.1. The number of amides is 1. The Morgan fingerprint density at radius 2 is 2.04 bits per heavy atom. The highest BCUT2D eigenvalue weighted by molar-refractivity contribution is 7.13. The molecule has 1 aliphatic heterocycles. The Labute approximate surface area is 153 Å². The van der Waals surface area contributed by atoms with E-state index in [0.29, 0.717) is 37.1 Å². The minimum atomic E-state index is -0.565. The number of hydrogen-bond donors (Lipinski definition) is 1. The number of H-pyrrole nitrogens is 1. The highest BCUT2D eigenvalue weighted by Crippen LogP contribution is 2.32. The molecule has 1 N–H and O–H groups in total. The minimum absolute atomic E-state index is 0.00553. The summed E-state index contributed by atoms with van der Waals surface area (Å²) in [5, 5.41) is 8.55. The zero-order valence-electron chi connectivity index (χ0n) is 13.9. The van der Waals surface area contributed by atoms with Gasteiger partial charge in [-0.2, -0.15) is 5.10 Å². The molecule has 26 heavy (non-hydrogen) atoms. The van der Waals surface area contributed by atoms with Gasteiger partial charge in [-0.15, -0.1) is 11.3 Å². The van der Waals surface area contributed by atoms with E-state index in [-0.39, 0.29) is 11.8 Å². The zero-order valence-corrected chi connectivity index (χ0v) is 14.7. The lowest BCUT2D eigenvalue weighted by molar-refractivity contribution is 0.0713. The molecule has 4 nitrogen and oxygen atoms in total. The number of carbonyl (C=O) groups excluding carboxylic acids is 1. The van der Waals surface area contributed by atoms with Crippen molar-refractivity contribution < 1.29 is 13.6 Å². The number of piperidine rings is 1. The Bertz CT molecular complexity index is 915. The molecule has 0 radical (unpaired) electrons. The van der Waals surface area contributed by atoms with Crippen molar-refractivity contribution in [2.75, 3.05) is 13.1 Å². The van der Waals surface area contributed by atoms with Gasteiger partial charge in [0.05, 0.1) is 11.8 Å². The average molecular weight is 373 g/mol. The van der Waals surface area contributed by atoms with Crippen LogP contribution < -0.4 is 0 Å². The minimum Gasteiger partial charge on any atom is -0.339 e. The summed E-state index contributed by atoms with van der Waals surface area (Å²) in [7, 11) is 0. The monoisotopic (exact) mass is 373 g/mol. The van der Waals surface area contributed by atoms with Crippen molar-refractivity contribution in [1.29, 1.82) is 0 Å². The number of aromatic amines is 1. The fourth-order valence-electron chi connectivity index (χ4n) is 3.39. The summed E-state index contributed by atoms with van der Waals surface area (Å²) in [4.78, 5) is 15.5. The largest absolute Gasteiger partial charge is 0.339 e. The molecule has 0 atom stereocenters. The van der Waals surface area contributed by atoms with E-state index in [1.807, 2.05) is 11.4 Å². The first-order valence-electron chi connectivity index (χ1n) is 8.44. The SMILES string of the molecule is O=C(c1csc(-c2cn[nH]c2)c1)N1CCC(c2ccc(F)cc2F)CC1. The van der Waals surface area contributed by atoms with E-state index in [4.69, 9.17) is 0 Å². The summed E-state index contributed by atoms with van der Waals surface area (Å²) in [5.41, 5.74) is 2.16. The molecule has 0 bridgehead atoms. The number of thiophene rings is 1. The van der Waals surface area contributed by atoms with Crippen LogP contribution in [-0.2, 0) is 0 Å². The topological polar surface area (TPSA) is 49.0 Å². The number of aromatic nitrogens is 2. The second-order valence-electron chi connectivity index (χ2n) is 6.42. The van der Waals surface area contributed by atoms with Gasteiger partial charge < -0.3 is 4.90 Å². The first kappa shape index (κ1) is 16.9. The van der Waals surface area contributed by atoms with Crippen molar-refractivity contribution in [3.8, 4) is 10.4 Å². The van der Waals surface area contributed by atoms with Gasteiger partial charge in [-0.25, -0.2) is 8.78 Å². The predicted molar refractivity (Wildman–Crippen MR) is 96.1 cm³/mol. The van der Waals surface area contributed by atoms with Crippen molar-refractivity contribution >= 4 is 17.2 Å². The third-order valence-corrected chi connectivity index (χ3v) is 5.79. The Hall–Kier alpha value is -2.54. The Balaban J connectivity index is 1.42. The van der Waals surface area contributed by atoms with Crippen LogP contribution in [0.1, 0.15) is 34.7 Å². The van der Waals surface area contributed by atoms with Crippen LogP contribution in [0.2, 0.25) is 0 Å². The van der Waals surface area contributed by atoms with Crippen LogP contribution in [0.15, 0.2) is 42.0 Å². The summed E-state index contributed by atoms with van der Waals surface area (Å²) in [6.45, 7) is 1.13. The maximum absolute atomic E-state index is 14.0. The first-order valence-corrected chi connectivity index (χ1v) is 9.31. The smallest absolute Gasteiger partial charge is 0.254 e. The van der Waals surface area contributed by atoms with Crippen LogP contribution in [0.25, 0.3) is 10.4 Å². The molecule has 4 rings (SSSR count).